The fraction of sp³-hybridized carbons (Fsp3) is 0.462. The van der Waals surface area contributed by atoms with Gasteiger partial charge in [-0.25, -0.2) is 4.98 Å². The lowest BCUT2D eigenvalue weighted by Gasteiger charge is -2.20. The van der Waals surface area contributed by atoms with Gasteiger partial charge in [-0.2, -0.15) is 0 Å². The Kier molecular flexibility index (Phi) is 2.47. The molecule has 2 heterocycles. The van der Waals surface area contributed by atoms with Gasteiger partial charge in [-0.3, -0.25) is 0 Å². The van der Waals surface area contributed by atoms with Crippen LogP contribution in [0.25, 0.3) is 10.2 Å². The smallest absolute Gasteiger partial charge is 0.106 e. The van der Waals surface area contributed by atoms with Crippen LogP contribution in [0.1, 0.15) is 13.8 Å². The van der Waals surface area contributed by atoms with Crippen molar-refractivity contribution >= 4 is 32.9 Å². The predicted octanol–water partition coefficient (Wildman–Crippen LogP) is 2.97. The number of hydrogen-bond donors (Lipinski definition) is 1. The van der Waals surface area contributed by atoms with Gasteiger partial charge in [0, 0.05) is 13.1 Å². The summed E-state index contributed by atoms with van der Waals surface area (Å²) in [6, 6.07) is 4.27. The van der Waals surface area contributed by atoms with Crippen LogP contribution in [0.5, 0.6) is 0 Å². The van der Waals surface area contributed by atoms with Crippen molar-refractivity contribution < 1.29 is 0 Å². The Hall–Kier alpha value is -1.29. The average molecular weight is 247 g/mol. The van der Waals surface area contributed by atoms with Gasteiger partial charge in [0.25, 0.3) is 0 Å². The molecular weight excluding hydrogens is 230 g/mol. The van der Waals surface area contributed by atoms with Crippen LogP contribution >= 0.6 is 11.3 Å². The molecule has 2 aromatic rings. The molecule has 17 heavy (non-hydrogen) atoms. The van der Waals surface area contributed by atoms with E-state index in [4.69, 9.17) is 5.73 Å². The van der Waals surface area contributed by atoms with E-state index in [1.54, 1.807) is 11.3 Å². The fourth-order valence-corrected chi connectivity index (χ4v) is 3.24. The minimum absolute atomic E-state index is 0.737. The summed E-state index contributed by atoms with van der Waals surface area (Å²) in [5.74, 6) is 1.47. The zero-order valence-corrected chi connectivity index (χ0v) is 11.0. The number of hydrogen-bond acceptors (Lipinski definition) is 4. The van der Waals surface area contributed by atoms with Crippen LogP contribution in [0.4, 0.5) is 11.4 Å². The second-order valence-electron chi connectivity index (χ2n) is 5.06. The summed E-state index contributed by atoms with van der Waals surface area (Å²) in [5, 5.41) is 0. The number of nitrogens with two attached hydrogens (primary N) is 1. The molecule has 3 rings (SSSR count). The number of benzene rings is 1. The molecule has 0 radical (unpaired) electrons. The molecule has 4 heteroatoms. The van der Waals surface area contributed by atoms with Gasteiger partial charge in [-0.1, -0.05) is 13.8 Å². The molecule has 1 fully saturated rings. The highest BCUT2D eigenvalue weighted by atomic mass is 32.1. The van der Waals surface area contributed by atoms with Crippen LogP contribution in [-0.4, -0.2) is 18.1 Å². The Morgan fingerprint density at radius 3 is 2.71 bits per heavy atom. The Balaban J connectivity index is 2.03. The van der Waals surface area contributed by atoms with E-state index >= 15 is 0 Å². The molecule has 0 bridgehead atoms. The molecule has 2 atom stereocenters. The molecule has 1 aliphatic rings. The Labute approximate surface area is 105 Å². The third kappa shape index (κ3) is 1.67. The van der Waals surface area contributed by atoms with Gasteiger partial charge in [0.05, 0.1) is 21.6 Å². The number of aromatic nitrogens is 1. The maximum absolute atomic E-state index is 6.24. The summed E-state index contributed by atoms with van der Waals surface area (Å²) >= 11 is 1.64. The van der Waals surface area contributed by atoms with E-state index in [1.165, 1.54) is 4.70 Å². The summed E-state index contributed by atoms with van der Waals surface area (Å²) in [4.78, 5) is 6.75. The first-order chi connectivity index (χ1) is 8.16. The van der Waals surface area contributed by atoms with Crippen molar-refractivity contribution in [1.82, 2.24) is 4.98 Å². The fourth-order valence-electron chi connectivity index (χ4n) is 2.54. The van der Waals surface area contributed by atoms with Crippen LogP contribution in [0.3, 0.4) is 0 Å². The molecule has 2 unspecified atom stereocenters. The van der Waals surface area contributed by atoms with Crippen molar-refractivity contribution in [2.24, 2.45) is 11.8 Å². The molecule has 1 saturated heterocycles. The van der Waals surface area contributed by atoms with E-state index in [9.17, 15) is 0 Å². The number of fused-ring (bicyclic) bond motifs is 1. The first kappa shape index (κ1) is 10.8. The summed E-state index contributed by atoms with van der Waals surface area (Å²) in [6.45, 7) is 6.81. The number of nitrogen functional groups attached to an aromatic ring is 1. The summed E-state index contributed by atoms with van der Waals surface area (Å²) in [5.41, 5.74) is 11.0. The largest absolute Gasteiger partial charge is 0.395 e. The maximum atomic E-state index is 6.24. The molecule has 0 aliphatic carbocycles. The van der Waals surface area contributed by atoms with Crippen molar-refractivity contribution in [3.8, 4) is 0 Å². The lowest BCUT2D eigenvalue weighted by molar-refractivity contribution is 0.494. The van der Waals surface area contributed by atoms with Crippen molar-refractivity contribution in [3.05, 3.63) is 17.6 Å². The van der Waals surface area contributed by atoms with Gasteiger partial charge in [-0.15, -0.1) is 11.3 Å². The SMILES string of the molecule is CC1CN(c2ccc3scnc3c2N)CC1C. The molecule has 2 N–H and O–H groups in total. The molecule has 0 saturated carbocycles. The molecule has 1 aromatic heterocycles. The standard InChI is InChI=1S/C13H17N3S/c1-8-5-16(6-9(8)2)10-3-4-11-13(12(10)14)15-7-17-11/h3-4,7-9H,5-6,14H2,1-2H3. The van der Waals surface area contributed by atoms with Gasteiger partial charge < -0.3 is 10.6 Å². The zero-order valence-electron chi connectivity index (χ0n) is 10.2. The third-order valence-corrected chi connectivity index (χ3v) is 4.64. The molecule has 1 aliphatic heterocycles. The quantitative estimate of drug-likeness (QED) is 0.788. The van der Waals surface area contributed by atoms with Gasteiger partial charge in [0.2, 0.25) is 0 Å². The predicted molar refractivity (Wildman–Crippen MR) is 74.6 cm³/mol. The molecule has 1 aromatic carbocycles. The Morgan fingerprint density at radius 1 is 1.29 bits per heavy atom. The molecular formula is C13H17N3S. The Morgan fingerprint density at radius 2 is 2.00 bits per heavy atom. The normalized spacial score (nSPS) is 24.7. The van der Waals surface area contributed by atoms with E-state index in [0.29, 0.717) is 0 Å². The second kappa shape index (κ2) is 3.88. The van der Waals surface area contributed by atoms with Crippen molar-refractivity contribution in [3.63, 3.8) is 0 Å². The van der Waals surface area contributed by atoms with Crippen LogP contribution in [0.15, 0.2) is 17.6 Å². The first-order valence-corrected chi connectivity index (χ1v) is 6.91. The second-order valence-corrected chi connectivity index (χ2v) is 5.94. The van der Waals surface area contributed by atoms with Crippen molar-refractivity contribution in [2.75, 3.05) is 23.7 Å². The zero-order chi connectivity index (χ0) is 12.0. The minimum atomic E-state index is 0.737. The van der Waals surface area contributed by atoms with E-state index in [0.717, 1.165) is 41.8 Å². The molecule has 0 amide bonds. The van der Waals surface area contributed by atoms with Gasteiger partial charge in [0.15, 0.2) is 0 Å². The average Bonchev–Trinajstić information content (AvgIpc) is 2.88. The van der Waals surface area contributed by atoms with Crippen molar-refractivity contribution in [1.29, 1.82) is 0 Å². The molecule has 0 spiro atoms. The molecule has 3 nitrogen and oxygen atoms in total. The van der Waals surface area contributed by atoms with E-state index in [1.807, 2.05) is 5.51 Å². The third-order valence-electron chi connectivity index (χ3n) is 3.85. The van der Waals surface area contributed by atoms with Crippen LogP contribution in [0.2, 0.25) is 0 Å². The van der Waals surface area contributed by atoms with Crippen LogP contribution in [-0.2, 0) is 0 Å². The van der Waals surface area contributed by atoms with E-state index in [-0.39, 0.29) is 0 Å². The van der Waals surface area contributed by atoms with Crippen LogP contribution in [0, 0.1) is 11.8 Å². The number of anilines is 2. The van der Waals surface area contributed by atoms with Gasteiger partial charge in [-0.05, 0) is 24.0 Å². The summed E-state index contributed by atoms with van der Waals surface area (Å²) in [7, 11) is 0. The van der Waals surface area contributed by atoms with Crippen LogP contribution < -0.4 is 10.6 Å². The Bertz CT molecular complexity index is 539. The monoisotopic (exact) mass is 247 g/mol. The highest BCUT2D eigenvalue weighted by molar-refractivity contribution is 7.16. The van der Waals surface area contributed by atoms with E-state index in [2.05, 4.69) is 35.9 Å². The summed E-state index contributed by atoms with van der Waals surface area (Å²) in [6.07, 6.45) is 0. The highest BCUT2D eigenvalue weighted by Gasteiger charge is 2.27. The van der Waals surface area contributed by atoms with E-state index < -0.39 is 0 Å². The molecule has 90 valence electrons. The lowest BCUT2D eigenvalue weighted by Crippen LogP contribution is -2.20. The number of thiazole rings is 1. The van der Waals surface area contributed by atoms with Crippen molar-refractivity contribution in [2.45, 2.75) is 13.8 Å². The van der Waals surface area contributed by atoms with Gasteiger partial charge in [0.1, 0.15) is 5.52 Å². The topological polar surface area (TPSA) is 42.2 Å². The number of nitrogens with zero attached hydrogens (tertiary/aromatic N) is 2. The first-order valence-electron chi connectivity index (χ1n) is 6.03. The maximum Gasteiger partial charge on any atom is 0.106 e. The minimum Gasteiger partial charge on any atom is -0.395 e. The highest BCUT2D eigenvalue weighted by Crippen LogP contribution is 2.36. The lowest BCUT2D eigenvalue weighted by atomic mass is 10.0. The summed E-state index contributed by atoms with van der Waals surface area (Å²) < 4.78 is 1.17. The van der Waals surface area contributed by atoms with Gasteiger partial charge >= 0.3 is 0 Å². The number of rotatable bonds is 1.